The number of fused-ring (bicyclic) bond motifs is 1. The third kappa shape index (κ3) is 3.18. The molecule has 0 atom stereocenters. The van der Waals surface area contributed by atoms with Gasteiger partial charge in [-0.2, -0.15) is 15.4 Å². The first-order valence-corrected chi connectivity index (χ1v) is 9.11. The Labute approximate surface area is 158 Å². The summed E-state index contributed by atoms with van der Waals surface area (Å²) in [4.78, 5) is 18.0. The Kier molecular flexibility index (Phi) is 4.40. The van der Waals surface area contributed by atoms with Crippen molar-refractivity contribution in [2.75, 3.05) is 0 Å². The van der Waals surface area contributed by atoms with Crippen molar-refractivity contribution in [3.63, 3.8) is 0 Å². The number of thiazole rings is 1. The van der Waals surface area contributed by atoms with Crippen molar-refractivity contribution < 1.29 is 4.79 Å². The summed E-state index contributed by atoms with van der Waals surface area (Å²) in [5.41, 5.74) is 3.71. The SMILES string of the molecule is Cc1nc(-c2ccccc2Cl)sc1CNC(=O)c1ccc2n[nH]nc2c1. The van der Waals surface area contributed by atoms with E-state index in [2.05, 4.69) is 25.7 Å². The summed E-state index contributed by atoms with van der Waals surface area (Å²) in [6.07, 6.45) is 0. The maximum Gasteiger partial charge on any atom is 0.251 e. The zero-order valence-electron chi connectivity index (χ0n) is 13.8. The van der Waals surface area contributed by atoms with Gasteiger partial charge >= 0.3 is 0 Å². The number of halogens is 1. The third-order valence-electron chi connectivity index (χ3n) is 3.98. The van der Waals surface area contributed by atoms with Crippen LogP contribution in [-0.2, 0) is 6.54 Å². The highest BCUT2D eigenvalue weighted by Gasteiger charge is 2.14. The van der Waals surface area contributed by atoms with Gasteiger partial charge in [0.2, 0.25) is 0 Å². The highest BCUT2D eigenvalue weighted by molar-refractivity contribution is 7.15. The predicted molar refractivity (Wildman–Crippen MR) is 102 cm³/mol. The fourth-order valence-electron chi connectivity index (χ4n) is 2.59. The van der Waals surface area contributed by atoms with Crippen LogP contribution in [-0.4, -0.2) is 26.3 Å². The average molecular weight is 384 g/mol. The van der Waals surface area contributed by atoms with Gasteiger partial charge in [-0.05, 0) is 31.2 Å². The van der Waals surface area contributed by atoms with Crippen molar-refractivity contribution >= 4 is 39.9 Å². The second kappa shape index (κ2) is 6.86. The molecular formula is C18H14ClN5OS. The van der Waals surface area contributed by atoms with Gasteiger partial charge in [0.05, 0.1) is 17.3 Å². The highest BCUT2D eigenvalue weighted by atomic mass is 35.5. The van der Waals surface area contributed by atoms with Crippen LogP contribution in [0.3, 0.4) is 0 Å². The van der Waals surface area contributed by atoms with E-state index < -0.39 is 0 Å². The molecule has 0 radical (unpaired) electrons. The number of aryl methyl sites for hydroxylation is 1. The summed E-state index contributed by atoms with van der Waals surface area (Å²) < 4.78 is 0. The highest BCUT2D eigenvalue weighted by Crippen LogP contribution is 2.32. The lowest BCUT2D eigenvalue weighted by atomic mass is 10.2. The van der Waals surface area contributed by atoms with Gasteiger partial charge in [0.1, 0.15) is 16.0 Å². The van der Waals surface area contributed by atoms with Crippen molar-refractivity contribution in [1.29, 1.82) is 0 Å². The zero-order chi connectivity index (χ0) is 18.1. The number of amides is 1. The van der Waals surface area contributed by atoms with Gasteiger partial charge in [-0.25, -0.2) is 4.98 Å². The second-order valence-corrected chi connectivity index (χ2v) is 7.21. The predicted octanol–water partition coefficient (Wildman–Crippen LogP) is 3.97. The van der Waals surface area contributed by atoms with E-state index in [-0.39, 0.29) is 5.91 Å². The Balaban J connectivity index is 1.51. The minimum atomic E-state index is -0.165. The van der Waals surface area contributed by atoms with Crippen molar-refractivity contribution in [2.24, 2.45) is 0 Å². The maximum absolute atomic E-state index is 12.4. The molecule has 0 saturated heterocycles. The van der Waals surface area contributed by atoms with Crippen LogP contribution in [0, 0.1) is 6.92 Å². The van der Waals surface area contributed by atoms with Gasteiger partial charge in [-0.15, -0.1) is 11.3 Å². The zero-order valence-corrected chi connectivity index (χ0v) is 15.4. The van der Waals surface area contributed by atoms with Crippen LogP contribution in [0.25, 0.3) is 21.6 Å². The Bertz CT molecular complexity index is 1100. The van der Waals surface area contributed by atoms with Crippen molar-refractivity contribution in [3.8, 4) is 10.6 Å². The fourth-order valence-corrected chi connectivity index (χ4v) is 3.91. The molecule has 0 aliphatic carbocycles. The standard InChI is InChI=1S/C18H14ClN5OS/c1-10-16(26-18(21-10)12-4-2-3-5-13(12)19)9-20-17(25)11-6-7-14-15(8-11)23-24-22-14/h2-8H,9H2,1H3,(H,20,25)(H,22,23,24). The van der Waals surface area contributed by atoms with Crippen molar-refractivity contribution in [2.45, 2.75) is 13.5 Å². The van der Waals surface area contributed by atoms with Gasteiger partial charge in [-0.1, -0.05) is 29.8 Å². The molecule has 0 aliphatic rings. The van der Waals surface area contributed by atoms with Crippen LogP contribution in [0.4, 0.5) is 0 Å². The van der Waals surface area contributed by atoms with Crippen LogP contribution >= 0.6 is 22.9 Å². The van der Waals surface area contributed by atoms with Gasteiger partial charge in [0.25, 0.3) is 5.91 Å². The molecule has 1 amide bonds. The number of nitrogens with one attached hydrogen (secondary N) is 2. The molecule has 4 aromatic rings. The van der Waals surface area contributed by atoms with Crippen LogP contribution in [0.5, 0.6) is 0 Å². The van der Waals surface area contributed by atoms with Gasteiger partial charge in [0, 0.05) is 16.0 Å². The molecule has 6 nitrogen and oxygen atoms in total. The molecule has 0 fully saturated rings. The summed E-state index contributed by atoms with van der Waals surface area (Å²) in [5, 5.41) is 15.0. The lowest BCUT2D eigenvalue weighted by molar-refractivity contribution is 0.0951. The molecule has 2 aromatic carbocycles. The molecule has 0 bridgehead atoms. The van der Waals surface area contributed by atoms with E-state index in [1.165, 1.54) is 11.3 Å². The number of aromatic nitrogens is 4. The van der Waals surface area contributed by atoms with E-state index in [0.29, 0.717) is 22.6 Å². The van der Waals surface area contributed by atoms with Crippen molar-refractivity contribution in [3.05, 3.63) is 63.6 Å². The first-order valence-electron chi connectivity index (χ1n) is 7.92. The average Bonchev–Trinajstić information content (AvgIpc) is 3.25. The third-order valence-corrected chi connectivity index (χ3v) is 5.51. The van der Waals surface area contributed by atoms with Gasteiger partial charge < -0.3 is 5.32 Å². The van der Waals surface area contributed by atoms with Gasteiger partial charge in [0.15, 0.2) is 0 Å². The Morgan fingerprint density at radius 1 is 1.19 bits per heavy atom. The Hall–Kier alpha value is -2.77. The van der Waals surface area contributed by atoms with E-state index in [1.54, 1.807) is 18.2 Å². The minimum absolute atomic E-state index is 0.165. The monoisotopic (exact) mass is 383 g/mol. The van der Waals surface area contributed by atoms with Crippen LogP contribution in [0.2, 0.25) is 5.02 Å². The van der Waals surface area contributed by atoms with Crippen LogP contribution in [0.1, 0.15) is 20.9 Å². The number of hydrogen-bond acceptors (Lipinski definition) is 5. The summed E-state index contributed by atoms with van der Waals surface area (Å²) >= 11 is 7.78. The quantitative estimate of drug-likeness (QED) is 0.558. The number of H-pyrrole nitrogens is 1. The first-order chi connectivity index (χ1) is 12.6. The molecule has 130 valence electrons. The molecule has 4 rings (SSSR count). The number of rotatable bonds is 4. The molecule has 8 heteroatoms. The Morgan fingerprint density at radius 2 is 2.00 bits per heavy atom. The normalized spacial score (nSPS) is 11.0. The molecule has 26 heavy (non-hydrogen) atoms. The number of hydrogen-bond donors (Lipinski definition) is 2. The summed E-state index contributed by atoms with van der Waals surface area (Å²) in [5.74, 6) is -0.165. The number of aromatic amines is 1. The largest absolute Gasteiger partial charge is 0.347 e. The lowest BCUT2D eigenvalue weighted by Crippen LogP contribution is -2.22. The van der Waals surface area contributed by atoms with Crippen molar-refractivity contribution in [1.82, 2.24) is 25.7 Å². The fraction of sp³-hybridized carbons (Fsp3) is 0.111. The summed E-state index contributed by atoms with van der Waals surface area (Å²) in [6, 6.07) is 12.8. The molecule has 0 unspecified atom stereocenters. The molecule has 0 spiro atoms. The number of benzene rings is 2. The number of carbonyl (C=O) groups excluding carboxylic acids is 1. The molecule has 0 saturated carbocycles. The molecular weight excluding hydrogens is 370 g/mol. The summed E-state index contributed by atoms with van der Waals surface area (Å²) in [6.45, 7) is 2.34. The van der Waals surface area contributed by atoms with Crippen LogP contribution < -0.4 is 5.32 Å². The maximum atomic E-state index is 12.4. The van der Waals surface area contributed by atoms with E-state index in [4.69, 9.17) is 11.6 Å². The number of carbonyl (C=O) groups is 1. The minimum Gasteiger partial charge on any atom is -0.347 e. The van der Waals surface area contributed by atoms with Gasteiger partial charge in [-0.3, -0.25) is 4.79 Å². The smallest absolute Gasteiger partial charge is 0.251 e. The topological polar surface area (TPSA) is 83.6 Å². The van der Waals surface area contributed by atoms with E-state index in [0.717, 1.165) is 26.7 Å². The van der Waals surface area contributed by atoms with Crippen LogP contribution in [0.15, 0.2) is 42.5 Å². The summed E-state index contributed by atoms with van der Waals surface area (Å²) in [7, 11) is 0. The van der Waals surface area contributed by atoms with E-state index in [9.17, 15) is 4.79 Å². The first kappa shape index (κ1) is 16.7. The molecule has 0 aliphatic heterocycles. The van der Waals surface area contributed by atoms with E-state index in [1.807, 2.05) is 31.2 Å². The molecule has 2 aromatic heterocycles. The number of nitrogens with zero attached hydrogens (tertiary/aromatic N) is 3. The Morgan fingerprint density at radius 3 is 2.85 bits per heavy atom. The molecule has 2 N–H and O–H groups in total. The van der Waals surface area contributed by atoms with E-state index >= 15 is 0 Å². The lowest BCUT2D eigenvalue weighted by Gasteiger charge is -2.04. The second-order valence-electron chi connectivity index (χ2n) is 5.72. The molecule has 2 heterocycles.